The molecule has 274 valence electrons. The Morgan fingerprint density at radius 2 is 1.44 bits per heavy atom. The number of ketones is 1. The van der Waals surface area contributed by atoms with E-state index in [4.69, 9.17) is 24.8 Å². The van der Waals surface area contributed by atoms with E-state index < -0.39 is 24.3 Å². The number of nitrogens with zero attached hydrogens (tertiary/aromatic N) is 2. The zero-order valence-electron chi connectivity index (χ0n) is 27.4. The zero-order chi connectivity index (χ0) is 37.1. The highest BCUT2D eigenvalue weighted by Crippen LogP contribution is 2.41. The number of aromatic amines is 1. The van der Waals surface area contributed by atoms with Crippen LogP contribution in [0.4, 0.5) is 26.3 Å². The Hall–Kier alpha value is -4.47. The van der Waals surface area contributed by atoms with Crippen molar-refractivity contribution in [3.8, 4) is 11.3 Å². The number of halogens is 6. The molecule has 1 amide bonds. The summed E-state index contributed by atoms with van der Waals surface area (Å²) in [6.45, 7) is 5.00. The van der Waals surface area contributed by atoms with Crippen LogP contribution in [0.25, 0.3) is 22.0 Å². The minimum atomic E-state index is -5.08. The molecule has 0 spiro atoms. The topological polar surface area (TPSA) is 153 Å². The summed E-state index contributed by atoms with van der Waals surface area (Å²) in [5.74, 6) is -4.17. The highest BCUT2D eigenvalue weighted by Gasteiger charge is 2.45. The summed E-state index contributed by atoms with van der Waals surface area (Å²) in [5.41, 5.74) is 1.83. The molecule has 1 atom stereocenters. The smallest absolute Gasteiger partial charge is 0.475 e. The summed E-state index contributed by atoms with van der Waals surface area (Å²) in [6.07, 6.45) is -0.503. The third-order valence-corrected chi connectivity index (χ3v) is 8.82. The second-order valence-electron chi connectivity index (χ2n) is 12.2. The number of unbranched alkanes of at least 4 members (excludes halogenated alkanes) is 2. The number of hydrogen-bond donors (Lipinski definition) is 4. The molecule has 4 N–H and O–H groups in total. The number of carboxylic acid groups (broad SMARTS) is 2. The van der Waals surface area contributed by atoms with Gasteiger partial charge in [-0.3, -0.25) is 9.59 Å². The number of nitrogens with one attached hydrogen (secondary N) is 2. The van der Waals surface area contributed by atoms with Gasteiger partial charge in [0.05, 0.1) is 23.3 Å². The minimum Gasteiger partial charge on any atom is -0.475 e. The average Bonchev–Trinajstić information content (AvgIpc) is 3.58. The van der Waals surface area contributed by atoms with Gasteiger partial charge in [-0.25, -0.2) is 14.6 Å². The number of benzene rings is 2. The summed E-state index contributed by atoms with van der Waals surface area (Å²) in [4.78, 5) is 53.8. The molecule has 16 heteroatoms. The van der Waals surface area contributed by atoms with Gasteiger partial charge in [0.25, 0.3) is 0 Å². The van der Waals surface area contributed by atoms with E-state index in [0.29, 0.717) is 18.6 Å². The van der Waals surface area contributed by atoms with Crippen LogP contribution >= 0.6 is 0 Å². The van der Waals surface area contributed by atoms with Crippen molar-refractivity contribution in [2.24, 2.45) is 5.41 Å². The Morgan fingerprint density at radius 1 is 0.880 bits per heavy atom. The molecule has 4 heterocycles. The van der Waals surface area contributed by atoms with Crippen LogP contribution in [0.15, 0.2) is 48.7 Å². The second-order valence-corrected chi connectivity index (χ2v) is 12.2. The monoisotopic (exact) mass is 714 g/mol. The number of alkyl halides is 6. The molecule has 0 saturated carbocycles. The van der Waals surface area contributed by atoms with Gasteiger partial charge in [0.15, 0.2) is 0 Å². The third-order valence-electron chi connectivity index (χ3n) is 8.82. The molecule has 3 fully saturated rings. The van der Waals surface area contributed by atoms with Crippen LogP contribution < -0.4 is 5.32 Å². The van der Waals surface area contributed by atoms with Crippen molar-refractivity contribution in [2.75, 3.05) is 19.6 Å². The number of aliphatic carboxylic acids is 2. The Morgan fingerprint density at radius 3 is 1.98 bits per heavy atom. The number of fused-ring (bicyclic) bond motifs is 4. The molecule has 1 aromatic heterocycles. The van der Waals surface area contributed by atoms with Crippen LogP contribution in [0.1, 0.15) is 76.6 Å². The van der Waals surface area contributed by atoms with Gasteiger partial charge in [0.2, 0.25) is 5.91 Å². The summed E-state index contributed by atoms with van der Waals surface area (Å²) >= 11 is 0. The van der Waals surface area contributed by atoms with Gasteiger partial charge in [-0.15, -0.1) is 0 Å². The first-order chi connectivity index (χ1) is 23.4. The van der Waals surface area contributed by atoms with Crippen molar-refractivity contribution < 1.29 is 55.7 Å². The summed E-state index contributed by atoms with van der Waals surface area (Å²) in [6, 6.07) is 14.6. The van der Waals surface area contributed by atoms with E-state index in [1.165, 1.54) is 10.8 Å². The van der Waals surface area contributed by atoms with Crippen LogP contribution in [0.5, 0.6) is 0 Å². The minimum absolute atomic E-state index is 0.150. The number of carbonyl (C=O) groups excluding carboxylic acids is 2. The Kier molecular flexibility index (Phi) is 14.0. The number of imidazole rings is 1. The Labute approximate surface area is 284 Å². The average molecular weight is 715 g/mol. The van der Waals surface area contributed by atoms with Crippen LogP contribution in [0, 0.1) is 5.41 Å². The molecule has 0 radical (unpaired) electrons. The number of piperidine rings is 3. The summed E-state index contributed by atoms with van der Waals surface area (Å²) < 4.78 is 63.5. The number of rotatable bonds is 11. The molecule has 50 heavy (non-hydrogen) atoms. The molecule has 2 bridgehead atoms. The maximum absolute atomic E-state index is 13.6. The standard InChI is InChI=1S/C30H38N4O2.2C2HF3O2/c1-2-25(35)10-4-3-5-11-26(33-29(36)30-14-17-34(18-15-30)19-16-30)28-31-21-27(32-28)24-13-12-22-8-6-7-9-23(22)20-24;2*3-2(4,5)1(6)7/h6-9,12-13,20-21,26H,2-5,10-11,14-19H2,1H3,(H,31,32)(H,33,36);2*(H,6,7)/t26-;;/m0../s1. The number of amides is 1. The van der Waals surface area contributed by atoms with Crippen LogP contribution in [0.2, 0.25) is 0 Å². The van der Waals surface area contributed by atoms with Gasteiger partial charge in [-0.2, -0.15) is 26.3 Å². The highest BCUT2D eigenvalue weighted by atomic mass is 19.4. The molecule has 3 aliphatic rings. The quantitative estimate of drug-likeness (QED) is 0.122. The van der Waals surface area contributed by atoms with E-state index >= 15 is 0 Å². The SMILES string of the molecule is CCC(=O)CCCCC[C@H](NC(=O)C12CCN(CC1)CC2)c1ncc(-c2ccc3ccccc3c2)[nH]1.O=C(O)C(F)(F)F.O=C(O)C(F)(F)F. The Bertz CT molecular complexity index is 1580. The first-order valence-electron chi connectivity index (χ1n) is 16.1. The second kappa shape index (κ2) is 17.5. The molecule has 0 aliphatic carbocycles. The van der Waals surface area contributed by atoms with E-state index in [1.54, 1.807) is 0 Å². The first kappa shape index (κ1) is 40.0. The van der Waals surface area contributed by atoms with Gasteiger partial charge in [0.1, 0.15) is 11.6 Å². The normalized spacial score (nSPS) is 19.0. The van der Waals surface area contributed by atoms with E-state index in [2.05, 4.69) is 57.7 Å². The molecule has 6 rings (SSSR count). The maximum atomic E-state index is 13.6. The molecule has 0 unspecified atom stereocenters. The van der Waals surface area contributed by atoms with E-state index in [0.717, 1.165) is 81.7 Å². The Balaban J connectivity index is 0.000000408. The van der Waals surface area contributed by atoms with E-state index in [1.807, 2.05) is 13.1 Å². The van der Waals surface area contributed by atoms with Crippen molar-refractivity contribution in [3.05, 3.63) is 54.5 Å². The predicted octanol–water partition coefficient (Wildman–Crippen LogP) is 7.07. The van der Waals surface area contributed by atoms with E-state index in [9.17, 15) is 35.9 Å². The fourth-order valence-electron chi connectivity index (χ4n) is 5.80. The maximum Gasteiger partial charge on any atom is 0.490 e. The van der Waals surface area contributed by atoms with Gasteiger partial charge >= 0.3 is 24.3 Å². The number of hydrogen-bond acceptors (Lipinski definition) is 6. The van der Waals surface area contributed by atoms with Gasteiger partial charge in [-0.1, -0.05) is 56.2 Å². The first-order valence-corrected chi connectivity index (χ1v) is 16.1. The van der Waals surface area contributed by atoms with Crippen molar-refractivity contribution in [1.29, 1.82) is 0 Å². The van der Waals surface area contributed by atoms with Crippen molar-refractivity contribution >= 4 is 34.4 Å². The largest absolute Gasteiger partial charge is 0.490 e. The molecule has 2 aromatic carbocycles. The predicted molar refractivity (Wildman–Crippen MR) is 171 cm³/mol. The van der Waals surface area contributed by atoms with Crippen molar-refractivity contribution in [2.45, 2.75) is 83.1 Å². The number of aromatic nitrogens is 2. The lowest BCUT2D eigenvalue weighted by Crippen LogP contribution is -2.55. The molecular weight excluding hydrogens is 674 g/mol. The number of carbonyl (C=O) groups is 4. The zero-order valence-corrected chi connectivity index (χ0v) is 27.4. The summed E-state index contributed by atoms with van der Waals surface area (Å²) in [7, 11) is 0. The molecule has 10 nitrogen and oxygen atoms in total. The molecule has 3 aromatic rings. The van der Waals surface area contributed by atoms with Gasteiger partial charge < -0.3 is 25.4 Å². The molecule has 3 saturated heterocycles. The highest BCUT2D eigenvalue weighted by molar-refractivity contribution is 5.87. The number of carboxylic acids is 2. The molecule has 3 aliphatic heterocycles. The van der Waals surface area contributed by atoms with Crippen LogP contribution in [-0.2, 0) is 19.2 Å². The lowest BCUT2D eigenvalue weighted by atomic mass is 9.71. The lowest BCUT2D eigenvalue weighted by Gasteiger charge is -2.47. The van der Waals surface area contributed by atoms with Gasteiger partial charge in [-0.05, 0) is 68.6 Å². The number of H-pyrrole nitrogens is 1. The third kappa shape index (κ3) is 11.6. The number of Topliss-reactive ketones (excluding diaryl/α,β-unsaturated/α-hetero) is 1. The lowest BCUT2D eigenvalue weighted by molar-refractivity contribution is -0.193. The summed E-state index contributed by atoms with van der Waals surface area (Å²) in [5, 5.41) is 20.1. The van der Waals surface area contributed by atoms with Crippen molar-refractivity contribution in [1.82, 2.24) is 20.2 Å². The van der Waals surface area contributed by atoms with Gasteiger partial charge in [0, 0.05) is 18.4 Å². The van der Waals surface area contributed by atoms with Crippen LogP contribution in [-0.4, -0.2) is 80.7 Å². The molecular formula is C34H40F6N4O6. The van der Waals surface area contributed by atoms with Crippen LogP contribution in [0.3, 0.4) is 0 Å². The fourth-order valence-corrected chi connectivity index (χ4v) is 5.80. The van der Waals surface area contributed by atoms with E-state index in [-0.39, 0.29) is 17.4 Å². The van der Waals surface area contributed by atoms with Crippen molar-refractivity contribution in [3.63, 3.8) is 0 Å². The fraction of sp³-hybridized carbons (Fsp3) is 0.500.